The molecule has 378 valence electrons. The summed E-state index contributed by atoms with van der Waals surface area (Å²) in [6.45, 7) is 12.6. The molecule has 10 rings (SSSR count). The first-order valence-corrected chi connectivity index (χ1v) is 26.0. The number of aryl methyl sites for hydroxylation is 2. The Hall–Kier alpha value is -6.53. The van der Waals surface area contributed by atoms with E-state index in [4.69, 9.17) is 9.84 Å². The maximum atomic E-state index is 15.7. The number of rotatable bonds is 12. The van der Waals surface area contributed by atoms with Gasteiger partial charge in [-0.25, -0.2) is 18.7 Å². The number of fused-ring (bicyclic) bond motifs is 3. The van der Waals surface area contributed by atoms with E-state index in [1.165, 1.54) is 0 Å². The maximum absolute atomic E-state index is 15.7. The van der Waals surface area contributed by atoms with Gasteiger partial charge in [-0.1, -0.05) is 45.0 Å². The molecule has 2 aromatic carbocycles. The number of alkyl halides is 2. The van der Waals surface area contributed by atoms with E-state index in [1.807, 2.05) is 68.4 Å². The molecule has 0 aliphatic carbocycles. The van der Waals surface area contributed by atoms with Crippen molar-refractivity contribution in [2.75, 3.05) is 37.7 Å². The quantitative estimate of drug-likeness (QED) is 0.123. The third kappa shape index (κ3) is 9.74. The zero-order valence-electron chi connectivity index (χ0n) is 41.5. The molecule has 4 amide bonds. The smallest absolute Gasteiger partial charge is 0.264 e. The summed E-state index contributed by atoms with van der Waals surface area (Å²) in [5.41, 5.74) is 9.15. The number of benzene rings is 2. The molecule has 4 aliphatic heterocycles. The maximum Gasteiger partial charge on any atom is 0.264 e. The molecular formula is C54H62F2N10O5S. The Kier molecular flexibility index (Phi) is 13.7. The number of amides is 4. The van der Waals surface area contributed by atoms with Crippen LogP contribution in [0.5, 0.6) is 0 Å². The molecule has 4 aromatic heterocycles. The summed E-state index contributed by atoms with van der Waals surface area (Å²) in [5.74, 6) is -0.401. The number of carbonyl (C=O) groups is 4. The Morgan fingerprint density at radius 2 is 1.74 bits per heavy atom. The summed E-state index contributed by atoms with van der Waals surface area (Å²) < 4.78 is 40.9. The van der Waals surface area contributed by atoms with Crippen LogP contribution in [0.1, 0.15) is 111 Å². The predicted molar refractivity (Wildman–Crippen MR) is 271 cm³/mol. The molecule has 2 saturated heterocycles. The van der Waals surface area contributed by atoms with Crippen LogP contribution in [0.15, 0.2) is 66.6 Å². The number of hydrogen-bond acceptors (Lipinski definition) is 10. The lowest BCUT2D eigenvalue weighted by Gasteiger charge is -2.35. The van der Waals surface area contributed by atoms with E-state index in [-0.39, 0.29) is 35.7 Å². The van der Waals surface area contributed by atoms with Crippen LogP contribution in [0, 0.1) is 12.3 Å². The summed E-state index contributed by atoms with van der Waals surface area (Å²) >= 11 is 1.58. The van der Waals surface area contributed by atoms with E-state index in [9.17, 15) is 19.2 Å². The van der Waals surface area contributed by atoms with Gasteiger partial charge in [0.05, 0.1) is 35.1 Å². The van der Waals surface area contributed by atoms with Gasteiger partial charge >= 0.3 is 0 Å². The van der Waals surface area contributed by atoms with Crippen LogP contribution in [0.3, 0.4) is 0 Å². The lowest BCUT2D eigenvalue weighted by atomic mass is 9.85. The van der Waals surface area contributed by atoms with Crippen molar-refractivity contribution in [1.82, 2.24) is 44.6 Å². The first-order chi connectivity index (χ1) is 34.6. The number of likely N-dealkylation sites (tertiary alicyclic amines) is 1. The third-order valence-corrected chi connectivity index (χ3v) is 15.8. The van der Waals surface area contributed by atoms with E-state index < -0.39 is 29.8 Å². The summed E-state index contributed by atoms with van der Waals surface area (Å²) in [6, 6.07) is 11.6. The summed E-state index contributed by atoms with van der Waals surface area (Å²) in [7, 11) is 0. The number of pyridine rings is 1. The molecule has 2 atom stereocenters. The van der Waals surface area contributed by atoms with Gasteiger partial charge < -0.3 is 34.5 Å². The fraction of sp³-hybridized carbons (Fsp3) is 0.463. The summed E-state index contributed by atoms with van der Waals surface area (Å²) in [5, 5.41) is 11.3. The van der Waals surface area contributed by atoms with Crippen LogP contribution >= 0.6 is 11.3 Å². The second-order valence-electron chi connectivity index (χ2n) is 20.7. The van der Waals surface area contributed by atoms with Crippen molar-refractivity contribution >= 4 is 52.1 Å². The topological polar surface area (TPSA) is 159 Å². The van der Waals surface area contributed by atoms with E-state index in [1.54, 1.807) is 58.3 Å². The van der Waals surface area contributed by atoms with Crippen LogP contribution in [-0.2, 0) is 56.3 Å². The predicted octanol–water partition coefficient (Wildman–Crippen LogP) is 8.29. The molecule has 2 unspecified atom stereocenters. The van der Waals surface area contributed by atoms with Gasteiger partial charge in [-0.3, -0.25) is 23.9 Å². The van der Waals surface area contributed by atoms with Crippen molar-refractivity contribution in [3.05, 3.63) is 106 Å². The zero-order chi connectivity index (χ0) is 50.4. The number of hydrogen-bond donors (Lipinski definition) is 2. The second kappa shape index (κ2) is 20.2. The number of aromatic nitrogens is 5. The SMILES string of the molecule is CC(=O)N1CCc2c(c(N3CCCc4cc(-c5cc6nccn6cc5CC(=O)NC(C(=O)N5CCCC5C(=O)NCc5ccc(-c6scnc6C)cc5)C(C)(C)C)c(C(F)F)cc43)nn2C2CCOCC2)C1. The van der Waals surface area contributed by atoms with E-state index in [0.29, 0.717) is 105 Å². The first-order valence-electron chi connectivity index (χ1n) is 25.1. The van der Waals surface area contributed by atoms with Crippen molar-refractivity contribution in [2.45, 2.75) is 124 Å². The van der Waals surface area contributed by atoms with Gasteiger partial charge in [0.2, 0.25) is 23.6 Å². The number of nitrogens with one attached hydrogen (secondary N) is 2. The Labute approximate surface area is 421 Å². The minimum Gasteiger partial charge on any atom is -0.381 e. The lowest BCUT2D eigenvalue weighted by molar-refractivity contribution is -0.143. The molecule has 6 aromatic rings. The Morgan fingerprint density at radius 1 is 0.944 bits per heavy atom. The van der Waals surface area contributed by atoms with Crippen molar-refractivity contribution < 1.29 is 32.7 Å². The number of carbonyl (C=O) groups excluding carboxylic acids is 4. The van der Waals surface area contributed by atoms with E-state index >= 15 is 8.78 Å². The van der Waals surface area contributed by atoms with Gasteiger partial charge in [0, 0.05) is 93.8 Å². The van der Waals surface area contributed by atoms with Gasteiger partial charge in [-0.05, 0) is 102 Å². The van der Waals surface area contributed by atoms with Crippen LogP contribution in [0.4, 0.5) is 20.3 Å². The molecule has 15 nitrogen and oxygen atoms in total. The molecule has 0 spiro atoms. The molecule has 4 aliphatic rings. The molecule has 2 N–H and O–H groups in total. The fourth-order valence-corrected chi connectivity index (χ4v) is 11.8. The molecule has 0 saturated carbocycles. The molecule has 72 heavy (non-hydrogen) atoms. The molecule has 8 heterocycles. The highest BCUT2D eigenvalue weighted by atomic mass is 32.1. The summed E-state index contributed by atoms with van der Waals surface area (Å²) in [4.78, 5) is 70.8. The highest BCUT2D eigenvalue weighted by molar-refractivity contribution is 7.13. The van der Waals surface area contributed by atoms with E-state index in [0.717, 1.165) is 57.8 Å². The Balaban J connectivity index is 0.908. The molecular weight excluding hydrogens is 939 g/mol. The van der Waals surface area contributed by atoms with Gasteiger partial charge in [0.15, 0.2) is 5.82 Å². The normalized spacial score (nSPS) is 17.8. The Morgan fingerprint density at radius 3 is 2.46 bits per heavy atom. The largest absolute Gasteiger partial charge is 0.381 e. The number of halogens is 2. The fourth-order valence-electron chi connectivity index (χ4n) is 11.0. The highest BCUT2D eigenvalue weighted by Crippen LogP contribution is 2.45. The lowest BCUT2D eigenvalue weighted by Crippen LogP contribution is -2.57. The van der Waals surface area contributed by atoms with Crippen molar-refractivity contribution in [3.63, 3.8) is 0 Å². The van der Waals surface area contributed by atoms with Gasteiger partial charge in [-0.2, -0.15) is 5.10 Å². The molecule has 2 fully saturated rings. The van der Waals surface area contributed by atoms with Crippen molar-refractivity contribution in [3.8, 4) is 21.6 Å². The van der Waals surface area contributed by atoms with E-state index in [2.05, 4.69) is 30.2 Å². The minimum atomic E-state index is -2.87. The number of anilines is 2. The standard InChI is InChI=1S/C54H62F2N10O5S/c1-32-48(72-31-59-32)35-12-10-34(11-13-35)28-58-52(69)44-9-7-19-65(44)53(70)49(54(3,4)5)60-47(68)25-37-29-63-21-17-57-46(63)27-39(37)40-24-36-8-6-18-64(45(36)26-41(40)50(55)56)51-42-30-62(33(2)67)20-14-43(42)66(61-51)38-15-22-71-23-16-38/h10-13,17,21,24,26-27,29,31,38,44,49-50H,6-9,14-16,18-20,22-23,25,28,30H2,1-5H3,(H,58,69)(H,60,68). The van der Waals surface area contributed by atoms with Crippen LogP contribution < -0.4 is 15.5 Å². The molecule has 0 bridgehead atoms. The average Bonchev–Trinajstić information content (AvgIpc) is 4.21. The monoisotopic (exact) mass is 1000 g/mol. The van der Waals surface area contributed by atoms with Crippen LogP contribution in [-0.4, -0.2) is 103 Å². The van der Waals surface area contributed by atoms with Gasteiger partial charge in [0.1, 0.15) is 17.7 Å². The highest BCUT2D eigenvalue weighted by Gasteiger charge is 2.42. The zero-order valence-corrected chi connectivity index (χ0v) is 42.4. The van der Waals surface area contributed by atoms with Gasteiger partial charge in [-0.15, -0.1) is 11.3 Å². The molecule has 0 radical (unpaired) electrons. The number of thiazole rings is 1. The average molecular weight is 1000 g/mol. The first kappa shape index (κ1) is 49.1. The Bertz CT molecular complexity index is 3030. The number of nitrogens with zero attached hydrogens (tertiary/aromatic N) is 8. The second-order valence-corrected chi connectivity index (χ2v) is 21.5. The number of ether oxygens (including phenoxy) is 1. The third-order valence-electron chi connectivity index (χ3n) is 14.8. The number of imidazole rings is 1. The van der Waals surface area contributed by atoms with Crippen molar-refractivity contribution in [1.29, 1.82) is 0 Å². The van der Waals surface area contributed by atoms with Crippen LogP contribution in [0.2, 0.25) is 0 Å². The summed E-state index contributed by atoms with van der Waals surface area (Å²) in [6.07, 6.45) is 6.81. The van der Waals surface area contributed by atoms with Gasteiger partial charge in [0.25, 0.3) is 6.43 Å². The van der Waals surface area contributed by atoms with Crippen LogP contribution in [0.25, 0.3) is 27.2 Å². The van der Waals surface area contributed by atoms with Crippen molar-refractivity contribution in [2.24, 2.45) is 5.41 Å². The molecule has 18 heteroatoms. The minimum absolute atomic E-state index is 0.0225.